The number of carbonyl (C=O) groups is 1. The summed E-state index contributed by atoms with van der Waals surface area (Å²) in [7, 11) is 0. The number of amides is 1. The van der Waals surface area contributed by atoms with Gasteiger partial charge in [-0.25, -0.2) is 4.98 Å². The zero-order valence-electron chi connectivity index (χ0n) is 15.5. The van der Waals surface area contributed by atoms with Crippen LogP contribution in [0.2, 0.25) is 0 Å². The molecule has 0 spiro atoms. The van der Waals surface area contributed by atoms with Gasteiger partial charge in [-0.15, -0.1) is 0 Å². The lowest BCUT2D eigenvalue weighted by Gasteiger charge is -2.09. The fourth-order valence-corrected chi connectivity index (χ4v) is 2.44. The highest BCUT2D eigenvalue weighted by Gasteiger charge is 2.10. The molecule has 138 valence electrons. The molecule has 0 atom stereocenters. The minimum Gasteiger partial charge on any atom is -0.493 e. The van der Waals surface area contributed by atoms with Crippen LogP contribution in [0.3, 0.4) is 0 Å². The van der Waals surface area contributed by atoms with Gasteiger partial charge >= 0.3 is 0 Å². The lowest BCUT2D eigenvalue weighted by atomic mass is 10.2. The van der Waals surface area contributed by atoms with E-state index in [9.17, 15) is 4.79 Å². The van der Waals surface area contributed by atoms with Crippen molar-refractivity contribution in [2.24, 2.45) is 0 Å². The average molecular weight is 353 g/mol. The standard InChI is InChI=1S/C21H27N3O2/c1-3-4-5-6-7-13-26-18-10-8-9-17(14-18)15-23-21(25)19-12-11-16(2)24-20(19)22/h5-6,8-12,14H,3-4,7,13,15H2,1-2H3,(H2,22,24)(H,23,25)/b6-5+. The molecule has 26 heavy (non-hydrogen) atoms. The Bertz CT molecular complexity index is 757. The van der Waals surface area contributed by atoms with E-state index in [1.165, 1.54) is 0 Å². The number of anilines is 1. The average Bonchev–Trinajstić information content (AvgIpc) is 2.63. The zero-order valence-corrected chi connectivity index (χ0v) is 15.5. The third-order valence-electron chi connectivity index (χ3n) is 3.84. The number of nitrogens with two attached hydrogens (primary N) is 1. The second kappa shape index (κ2) is 10.2. The molecule has 0 aliphatic rings. The molecule has 3 N–H and O–H groups in total. The van der Waals surface area contributed by atoms with Crippen molar-refractivity contribution in [2.45, 2.75) is 39.7 Å². The number of nitrogens with zero attached hydrogens (tertiary/aromatic N) is 1. The van der Waals surface area contributed by atoms with E-state index < -0.39 is 0 Å². The summed E-state index contributed by atoms with van der Waals surface area (Å²) in [6.45, 7) is 5.04. The molecule has 0 unspecified atom stereocenters. The SMILES string of the molecule is CCC/C=C/CCOc1cccc(CNC(=O)c2ccc(C)nc2N)c1. The van der Waals surface area contributed by atoms with E-state index in [2.05, 4.69) is 29.4 Å². The number of benzene rings is 1. The minimum absolute atomic E-state index is 0.234. The largest absolute Gasteiger partial charge is 0.493 e. The van der Waals surface area contributed by atoms with E-state index >= 15 is 0 Å². The number of rotatable bonds is 9. The monoisotopic (exact) mass is 353 g/mol. The molecule has 0 saturated heterocycles. The van der Waals surface area contributed by atoms with Crippen molar-refractivity contribution >= 4 is 11.7 Å². The molecule has 0 saturated carbocycles. The number of nitrogens with one attached hydrogen (secondary N) is 1. The maximum absolute atomic E-state index is 12.3. The fraction of sp³-hybridized carbons (Fsp3) is 0.333. The number of pyridine rings is 1. The number of aromatic nitrogens is 1. The Morgan fingerprint density at radius 1 is 1.23 bits per heavy atom. The van der Waals surface area contributed by atoms with Gasteiger partial charge in [0.25, 0.3) is 5.91 Å². The van der Waals surface area contributed by atoms with Crippen molar-refractivity contribution in [2.75, 3.05) is 12.3 Å². The molecule has 0 bridgehead atoms. The summed E-state index contributed by atoms with van der Waals surface area (Å²) in [5.74, 6) is 0.815. The molecular weight excluding hydrogens is 326 g/mol. The first-order chi connectivity index (χ1) is 12.6. The maximum atomic E-state index is 12.3. The molecule has 1 heterocycles. The first kappa shape index (κ1) is 19.5. The number of hydrogen-bond donors (Lipinski definition) is 2. The third-order valence-corrected chi connectivity index (χ3v) is 3.84. The molecule has 1 amide bonds. The fourth-order valence-electron chi connectivity index (χ4n) is 2.44. The van der Waals surface area contributed by atoms with Gasteiger partial charge < -0.3 is 15.8 Å². The number of unbranched alkanes of at least 4 members (excludes halogenated alkanes) is 1. The molecule has 2 rings (SSSR count). The van der Waals surface area contributed by atoms with Crippen molar-refractivity contribution < 1.29 is 9.53 Å². The third kappa shape index (κ3) is 6.24. The van der Waals surface area contributed by atoms with Crippen LogP contribution in [-0.4, -0.2) is 17.5 Å². The number of ether oxygens (including phenoxy) is 1. The van der Waals surface area contributed by atoms with Crippen LogP contribution in [0.4, 0.5) is 5.82 Å². The van der Waals surface area contributed by atoms with Gasteiger partial charge in [0.05, 0.1) is 12.2 Å². The Morgan fingerprint density at radius 3 is 2.81 bits per heavy atom. The molecule has 5 heteroatoms. The Kier molecular flexibility index (Phi) is 7.68. The summed E-state index contributed by atoms with van der Waals surface area (Å²) in [6, 6.07) is 11.2. The predicted molar refractivity (Wildman–Crippen MR) is 105 cm³/mol. The van der Waals surface area contributed by atoms with Crippen molar-refractivity contribution in [3.05, 3.63) is 65.4 Å². The smallest absolute Gasteiger partial charge is 0.255 e. The number of allylic oxidation sites excluding steroid dienone is 1. The summed E-state index contributed by atoms with van der Waals surface area (Å²) in [4.78, 5) is 16.4. The summed E-state index contributed by atoms with van der Waals surface area (Å²) < 4.78 is 5.76. The van der Waals surface area contributed by atoms with Crippen molar-refractivity contribution in [3.63, 3.8) is 0 Å². The Hall–Kier alpha value is -2.82. The van der Waals surface area contributed by atoms with Crippen LogP contribution < -0.4 is 15.8 Å². The van der Waals surface area contributed by atoms with Gasteiger partial charge in [-0.3, -0.25) is 4.79 Å². The van der Waals surface area contributed by atoms with Crippen LogP contribution in [0.5, 0.6) is 5.75 Å². The van der Waals surface area contributed by atoms with Crippen LogP contribution in [-0.2, 0) is 6.54 Å². The molecule has 0 aliphatic heterocycles. The first-order valence-electron chi connectivity index (χ1n) is 8.98. The molecule has 0 radical (unpaired) electrons. The Labute approximate surface area is 155 Å². The molecule has 0 fully saturated rings. The van der Waals surface area contributed by atoms with Crippen LogP contribution in [0.15, 0.2) is 48.6 Å². The second-order valence-electron chi connectivity index (χ2n) is 6.11. The van der Waals surface area contributed by atoms with E-state index in [1.54, 1.807) is 12.1 Å². The quantitative estimate of drug-likeness (QED) is 0.527. The summed E-state index contributed by atoms with van der Waals surface area (Å²) in [6.07, 6.45) is 7.49. The highest BCUT2D eigenvalue weighted by atomic mass is 16.5. The number of nitrogen functional groups attached to an aromatic ring is 1. The second-order valence-corrected chi connectivity index (χ2v) is 6.11. The van der Waals surface area contributed by atoms with Gasteiger partial charge in [0.1, 0.15) is 11.6 Å². The molecular formula is C21H27N3O2. The maximum Gasteiger partial charge on any atom is 0.255 e. The van der Waals surface area contributed by atoms with E-state index in [0.717, 1.165) is 36.3 Å². The summed E-state index contributed by atoms with van der Waals surface area (Å²) in [5, 5.41) is 2.87. The molecule has 2 aromatic rings. The van der Waals surface area contributed by atoms with Gasteiger partial charge in [-0.05, 0) is 49.6 Å². The van der Waals surface area contributed by atoms with Gasteiger partial charge in [0, 0.05) is 12.2 Å². The van der Waals surface area contributed by atoms with Gasteiger partial charge in [0.15, 0.2) is 0 Å². The normalized spacial score (nSPS) is 10.8. The highest BCUT2D eigenvalue weighted by molar-refractivity contribution is 5.98. The lowest BCUT2D eigenvalue weighted by molar-refractivity contribution is 0.0951. The van der Waals surface area contributed by atoms with Gasteiger partial charge in [-0.2, -0.15) is 0 Å². The van der Waals surface area contributed by atoms with Gasteiger partial charge in [-0.1, -0.05) is 37.6 Å². The van der Waals surface area contributed by atoms with Crippen molar-refractivity contribution in [3.8, 4) is 5.75 Å². The van der Waals surface area contributed by atoms with Crippen LogP contribution in [0.1, 0.15) is 47.8 Å². The molecule has 0 aliphatic carbocycles. The van der Waals surface area contributed by atoms with E-state index in [0.29, 0.717) is 18.7 Å². The summed E-state index contributed by atoms with van der Waals surface area (Å²) >= 11 is 0. The minimum atomic E-state index is -0.234. The number of aryl methyl sites for hydroxylation is 1. The number of carbonyl (C=O) groups excluding carboxylic acids is 1. The lowest BCUT2D eigenvalue weighted by Crippen LogP contribution is -2.24. The Balaban J connectivity index is 1.85. The van der Waals surface area contributed by atoms with Crippen molar-refractivity contribution in [1.29, 1.82) is 0 Å². The molecule has 1 aromatic heterocycles. The predicted octanol–water partition coefficient (Wildman–Crippen LogP) is 4.03. The first-order valence-corrected chi connectivity index (χ1v) is 8.98. The van der Waals surface area contributed by atoms with Crippen molar-refractivity contribution in [1.82, 2.24) is 10.3 Å². The van der Waals surface area contributed by atoms with Crippen LogP contribution in [0, 0.1) is 6.92 Å². The summed E-state index contributed by atoms with van der Waals surface area (Å²) in [5.41, 5.74) is 7.96. The van der Waals surface area contributed by atoms with Gasteiger partial charge in [0.2, 0.25) is 0 Å². The van der Waals surface area contributed by atoms with Crippen LogP contribution >= 0.6 is 0 Å². The zero-order chi connectivity index (χ0) is 18.8. The molecule has 5 nitrogen and oxygen atoms in total. The van der Waals surface area contributed by atoms with E-state index in [-0.39, 0.29) is 11.7 Å². The topological polar surface area (TPSA) is 77.2 Å². The Morgan fingerprint density at radius 2 is 2.04 bits per heavy atom. The number of hydrogen-bond acceptors (Lipinski definition) is 4. The van der Waals surface area contributed by atoms with E-state index in [4.69, 9.17) is 10.5 Å². The molecule has 1 aromatic carbocycles. The highest BCUT2D eigenvalue weighted by Crippen LogP contribution is 2.14. The van der Waals surface area contributed by atoms with E-state index in [1.807, 2.05) is 31.2 Å². The van der Waals surface area contributed by atoms with Crippen LogP contribution in [0.25, 0.3) is 0 Å².